The van der Waals surface area contributed by atoms with Crippen LogP contribution >= 0.6 is 0 Å². The Morgan fingerprint density at radius 3 is 2.14 bits per heavy atom. The van der Waals surface area contributed by atoms with Crippen molar-refractivity contribution in [3.8, 4) is 0 Å². The lowest BCUT2D eigenvalue weighted by molar-refractivity contribution is 0.472. The summed E-state index contributed by atoms with van der Waals surface area (Å²) in [7, 11) is -3.84. The molecule has 1 N–H and O–H groups in total. The molecule has 0 bridgehead atoms. The fourth-order valence-electron chi connectivity index (χ4n) is 2.89. The van der Waals surface area contributed by atoms with E-state index in [4.69, 9.17) is 4.55 Å². The summed E-state index contributed by atoms with van der Waals surface area (Å²) in [5.74, 6) is 0.265. The summed E-state index contributed by atoms with van der Waals surface area (Å²) in [5, 5.41) is 0. The van der Waals surface area contributed by atoms with Crippen LogP contribution in [0.25, 0.3) is 0 Å². The van der Waals surface area contributed by atoms with Gasteiger partial charge in [-0.25, -0.2) is 0 Å². The van der Waals surface area contributed by atoms with Crippen molar-refractivity contribution in [1.82, 2.24) is 0 Å². The van der Waals surface area contributed by atoms with Gasteiger partial charge in [-0.2, -0.15) is 8.42 Å². The van der Waals surface area contributed by atoms with Crippen molar-refractivity contribution < 1.29 is 13.0 Å². The second-order valence-electron chi connectivity index (χ2n) is 6.09. The highest BCUT2D eigenvalue weighted by molar-refractivity contribution is 7.85. The van der Waals surface area contributed by atoms with Crippen LogP contribution in [0, 0.1) is 0 Å². The van der Waals surface area contributed by atoms with Crippen LogP contribution in [0.4, 0.5) is 0 Å². The van der Waals surface area contributed by atoms with Gasteiger partial charge in [0.25, 0.3) is 10.1 Å². The molecule has 4 heteroatoms. The van der Waals surface area contributed by atoms with Crippen LogP contribution in [0.3, 0.4) is 0 Å². The van der Waals surface area contributed by atoms with E-state index in [2.05, 4.69) is 19.1 Å². The van der Waals surface area contributed by atoms with Crippen molar-refractivity contribution in [1.29, 1.82) is 0 Å². The van der Waals surface area contributed by atoms with Gasteiger partial charge in [0.05, 0.1) is 5.75 Å². The van der Waals surface area contributed by atoms with E-state index in [1.54, 1.807) is 0 Å². The molecule has 0 spiro atoms. The molecule has 1 aromatic carbocycles. The average Bonchev–Trinajstić information content (AvgIpc) is 2.48. The third-order valence-corrected chi connectivity index (χ3v) is 4.94. The summed E-state index contributed by atoms with van der Waals surface area (Å²) < 4.78 is 30.6. The van der Waals surface area contributed by atoms with Crippen molar-refractivity contribution in [3.63, 3.8) is 0 Å². The van der Waals surface area contributed by atoms with E-state index in [0.29, 0.717) is 12.3 Å². The van der Waals surface area contributed by atoms with E-state index < -0.39 is 10.1 Å². The first-order chi connectivity index (χ1) is 10.5. The average molecular weight is 327 g/mol. The number of hydrogen-bond acceptors (Lipinski definition) is 2. The van der Waals surface area contributed by atoms with Crippen LogP contribution in [-0.2, 0) is 10.1 Å². The maximum atomic E-state index is 10.9. The molecule has 1 rings (SSSR count). The molecule has 126 valence electrons. The maximum absolute atomic E-state index is 10.9. The molecule has 0 saturated heterocycles. The van der Waals surface area contributed by atoms with Gasteiger partial charge in [0.15, 0.2) is 0 Å². The minimum absolute atomic E-state index is 0.132. The van der Waals surface area contributed by atoms with Crippen molar-refractivity contribution >= 4 is 10.1 Å². The predicted octanol–water partition coefficient (Wildman–Crippen LogP) is 5.19. The van der Waals surface area contributed by atoms with Crippen molar-refractivity contribution in [3.05, 3.63) is 35.9 Å². The minimum Gasteiger partial charge on any atom is -0.286 e. The van der Waals surface area contributed by atoms with Crippen molar-refractivity contribution in [2.75, 3.05) is 5.75 Å². The summed E-state index contributed by atoms with van der Waals surface area (Å²) in [6.45, 7) is 2.22. The minimum atomic E-state index is -3.84. The molecule has 3 nitrogen and oxygen atoms in total. The van der Waals surface area contributed by atoms with Crippen molar-refractivity contribution in [2.45, 2.75) is 70.6 Å². The zero-order chi connectivity index (χ0) is 16.3. The van der Waals surface area contributed by atoms with Gasteiger partial charge in [-0.05, 0) is 30.7 Å². The van der Waals surface area contributed by atoms with Crippen LogP contribution in [0.2, 0.25) is 0 Å². The summed E-state index contributed by atoms with van der Waals surface area (Å²) in [6.07, 6.45) is 10.1. The molecule has 0 fully saturated rings. The fraction of sp³-hybridized carbons (Fsp3) is 0.667. The smallest absolute Gasteiger partial charge is 0.264 e. The first kappa shape index (κ1) is 19.2. The van der Waals surface area contributed by atoms with Crippen molar-refractivity contribution in [2.24, 2.45) is 0 Å². The molecule has 0 amide bonds. The van der Waals surface area contributed by atoms with E-state index in [-0.39, 0.29) is 5.75 Å². The van der Waals surface area contributed by atoms with Gasteiger partial charge < -0.3 is 0 Å². The number of benzene rings is 1. The zero-order valence-corrected chi connectivity index (χ0v) is 14.5. The van der Waals surface area contributed by atoms with Crippen LogP contribution in [0.15, 0.2) is 30.3 Å². The van der Waals surface area contributed by atoms with Gasteiger partial charge in [-0.15, -0.1) is 0 Å². The maximum Gasteiger partial charge on any atom is 0.264 e. The van der Waals surface area contributed by atoms with E-state index in [1.807, 2.05) is 18.2 Å². The van der Waals surface area contributed by atoms with E-state index in [0.717, 1.165) is 12.8 Å². The van der Waals surface area contributed by atoms with Gasteiger partial charge in [-0.1, -0.05) is 75.8 Å². The Kier molecular flexibility index (Phi) is 9.41. The Hall–Kier alpha value is -0.870. The SMILES string of the molecule is CCCCCCCCC(CCCS(=O)(=O)O)c1ccccc1. The van der Waals surface area contributed by atoms with Crippen LogP contribution in [-0.4, -0.2) is 18.7 Å². The molecule has 0 radical (unpaired) electrons. The highest BCUT2D eigenvalue weighted by Crippen LogP contribution is 2.27. The molecule has 0 heterocycles. The summed E-state index contributed by atoms with van der Waals surface area (Å²) in [5.41, 5.74) is 1.28. The van der Waals surface area contributed by atoms with E-state index in [9.17, 15) is 8.42 Å². The molecular formula is C18H30O3S. The van der Waals surface area contributed by atoms with Gasteiger partial charge in [0, 0.05) is 0 Å². The summed E-state index contributed by atoms with van der Waals surface area (Å²) in [4.78, 5) is 0. The van der Waals surface area contributed by atoms with Gasteiger partial charge in [-0.3, -0.25) is 4.55 Å². The molecule has 0 saturated carbocycles. The molecule has 0 aliphatic carbocycles. The lowest BCUT2D eigenvalue weighted by Crippen LogP contribution is -2.07. The van der Waals surface area contributed by atoms with Crippen LogP contribution in [0.5, 0.6) is 0 Å². The van der Waals surface area contributed by atoms with Gasteiger partial charge >= 0.3 is 0 Å². The monoisotopic (exact) mass is 326 g/mol. The molecule has 1 atom stereocenters. The Labute approximate surface area is 135 Å². The van der Waals surface area contributed by atoms with Gasteiger partial charge in [0.1, 0.15) is 0 Å². The number of rotatable bonds is 12. The summed E-state index contributed by atoms with van der Waals surface area (Å²) in [6, 6.07) is 10.3. The zero-order valence-electron chi connectivity index (χ0n) is 13.7. The van der Waals surface area contributed by atoms with Crippen LogP contribution in [0.1, 0.15) is 76.2 Å². The first-order valence-electron chi connectivity index (χ1n) is 8.53. The number of hydrogen-bond donors (Lipinski definition) is 1. The second kappa shape index (κ2) is 10.8. The molecule has 0 aliphatic rings. The molecule has 1 unspecified atom stereocenters. The highest BCUT2D eigenvalue weighted by Gasteiger charge is 2.13. The largest absolute Gasteiger partial charge is 0.286 e. The van der Waals surface area contributed by atoms with E-state index in [1.165, 1.54) is 44.1 Å². The fourth-order valence-corrected chi connectivity index (χ4v) is 3.42. The lowest BCUT2D eigenvalue weighted by Gasteiger charge is -2.17. The number of unbranched alkanes of at least 4 members (excludes halogenated alkanes) is 5. The molecule has 0 aliphatic heterocycles. The predicted molar refractivity (Wildman–Crippen MR) is 92.8 cm³/mol. The standard InChI is InChI=1S/C18H30O3S/c1-2-3-4-5-6-8-12-18(15-11-16-22(19,20)21)17-13-9-7-10-14-17/h7,9-10,13-14,18H,2-6,8,11-12,15-16H2,1H3,(H,19,20,21). The highest BCUT2D eigenvalue weighted by atomic mass is 32.2. The van der Waals surface area contributed by atoms with E-state index >= 15 is 0 Å². The first-order valence-corrected chi connectivity index (χ1v) is 10.1. The molecule has 22 heavy (non-hydrogen) atoms. The third-order valence-electron chi connectivity index (χ3n) is 4.13. The molecule has 0 aromatic heterocycles. The Balaban J connectivity index is 2.42. The van der Waals surface area contributed by atoms with Crippen LogP contribution < -0.4 is 0 Å². The Morgan fingerprint density at radius 2 is 1.50 bits per heavy atom. The topological polar surface area (TPSA) is 54.4 Å². The molecular weight excluding hydrogens is 296 g/mol. The quantitative estimate of drug-likeness (QED) is 0.425. The summed E-state index contributed by atoms with van der Waals surface area (Å²) >= 11 is 0. The normalized spacial score (nSPS) is 13.2. The lowest BCUT2D eigenvalue weighted by atomic mass is 9.89. The third kappa shape index (κ3) is 9.21. The van der Waals surface area contributed by atoms with Gasteiger partial charge in [0.2, 0.25) is 0 Å². The Bertz CT molecular complexity index is 482. The molecule has 1 aromatic rings. The Morgan fingerprint density at radius 1 is 0.909 bits per heavy atom. The second-order valence-corrected chi connectivity index (χ2v) is 7.66.